The monoisotopic (exact) mass is 404 g/mol. The van der Waals surface area contributed by atoms with Crippen molar-refractivity contribution in [2.75, 3.05) is 16.0 Å². The van der Waals surface area contributed by atoms with E-state index in [4.69, 9.17) is 0 Å². The molecule has 1 heterocycles. The van der Waals surface area contributed by atoms with Crippen molar-refractivity contribution in [1.82, 2.24) is 15.0 Å². The van der Waals surface area contributed by atoms with Crippen molar-refractivity contribution < 1.29 is 8.78 Å². The molecular formula is C22H18F2N6. The van der Waals surface area contributed by atoms with Crippen molar-refractivity contribution >= 4 is 29.2 Å². The third-order valence-electron chi connectivity index (χ3n) is 4.13. The van der Waals surface area contributed by atoms with Crippen LogP contribution in [0.5, 0.6) is 0 Å². The minimum Gasteiger partial charge on any atom is -0.350 e. The van der Waals surface area contributed by atoms with Gasteiger partial charge in [-0.2, -0.15) is 15.0 Å². The van der Waals surface area contributed by atoms with Crippen molar-refractivity contribution in [3.8, 4) is 0 Å². The van der Waals surface area contributed by atoms with E-state index < -0.39 is 0 Å². The molecule has 4 aromatic rings. The van der Waals surface area contributed by atoms with E-state index in [0.717, 1.165) is 5.56 Å². The molecule has 0 aliphatic rings. The summed E-state index contributed by atoms with van der Waals surface area (Å²) in [6.45, 7) is 0.525. The highest BCUT2D eigenvalue weighted by Crippen LogP contribution is 2.19. The number of rotatable bonds is 7. The zero-order valence-corrected chi connectivity index (χ0v) is 15.8. The Hall–Kier alpha value is -4.07. The summed E-state index contributed by atoms with van der Waals surface area (Å²) in [6.07, 6.45) is 0. The first-order chi connectivity index (χ1) is 14.6. The molecular weight excluding hydrogens is 386 g/mol. The molecule has 0 aliphatic heterocycles. The molecule has 3 N–H and O–H groups in total. The van der Waals surface area contributed by atoms with Crippen LogP contribution in [0.15, 0.2) is 78.9 Å². The molecule has 0 atom stereocenters. The standard InChI is InChI=1S/C22H18F2N6/c23-16-6-10-18(11-7-16)26-21-28-20(25-14-15-4-2-1-3-5-15)29-22(30-21)27-19-12-8-17(24)9-13-19/h1-13H,14H2,(H3,25,26,27,28,29,30). The van der Waals surface area contributed by atoms with Gasteiger partial charge in [0.25, 0.3) is 0 Å². The highest BCUT2D eigenvalue weighted by molar-refractivity contribution is 5.59. The topological polar surface area (TPSA) is 74.8 Å². The first kappa shape index (κ1) is 19.3. The maximum absolute atomic E-state index is 13.2. The van der Waals surface area contributed by atoms with Gasteiger partial charge in [0.15, 0.2) is 0 Å². The van der Waals surface area contributed by atoms with Crippen LogP contribution in [0.3, 0.4) is 0 Å². The summed E-state index contributed by atoms with van der Waals surface area (Å²) in [5.74, 6) is 0.233. The first-order valence-electron chi connectivity index (χ1n) is 9.23. The van der Waals surface area contributed by atoms with Gasteiger partial charge in [-0.3, -0.25) is 0 Å². The smallest absolute Gasteiger partial charge is 0.233 e. The maximum Gasteiger partial charge on any atom is 0.233 e. The van der Waals surface area contributed by atoms with Gasteiger partial charge in [-0.15, -0.1) is 0 Å². The van der Waals surface area contributed by atoms with Crippen LogP contribution in [-0.4, -0.2) is 15.0 Å². The molecule has 30 heavy (non-hydrogen) atoms. The fraction of sp³-hybridized carbons (Fsp3) is 0.0455. The summed E-state index contributed by atoms with van der Waals surface area (Å²) < 4.78 is 26.3. The molecule has 0 spiro atoms. The highest BCUT2D eigenvalue weighted by Gasteiger charge is 2.08. The molecule has 0 aliphatic carbocycles. The molecule has 8 heteroatoms. The van der Waals surface area contributed by atoms with E-state index in [2.05, 4.69) is 30.9 Å². The average Bonchev–Trinajstić information content (AvgIpc) is 2.76. The SMILES string of the molecule is Fc1ccc(Nc2nc(NCc3ccccc3)nc(Nc3ccc(F)cc3)n2)cc1. The Morgan fingerprint density at radius 2 is 1.03 bits per heavy atom. The quantitative estimate of drug-likeness (QED) is 0.391. The van der Waals surface area contributed by atoms with Crippen molar-refractivity contribution in [3.05, 3.63) is 96.1 Å². The van der Waals surface area contributed by atoms with E-state index in [1.54, 1.807) is 24.3 Å². The molecule has 6 nitrogen and oxygen atoms in total. The molecule has 0 radical (unpaired) electrons. The summed E-state index contributed by atoms with van der Waals surface area (Å²) in [4.78, 5) is 13.1. The number of halogens is 2. The van der Waals surface area contributed by atoms with Crippen LogP contribution in [0.2, 0.25) is 0 Å². The minimum absolute atomic E-state index is 0.275. The molecule has 0 saturated carbocycles. The third kappa shape index (κ3) is 5.26. The van der Waals surface area contributed by atoms with E-state index in [0.29, 0.717) is 23.9 Å². The second kappa shape index (κ2) is 8.95. The largest absolute Gasteiger partial charge is 0.350 e. The van der Waals surface area contributed by atoms with Crippen molar-refractivity contribution in [3.63, 3.8) is 0 Å². The lowest BCUT2D eigenvalue weighted by molar-refractivity contribution is 0.627. The average molecular weight is 404 g/mol. The Labute approximate surface area is 172 Å². The number of aromatic nitrogens is 3. The number of hydrogen-bond acceptors (Lipinski definition) is 6. The summed E-state index contributed by atoms with van der Waals surface area (Å²) >= 11 is 0. The van der Waals surface area contributed by atoms with E-state index in [1.165, 1.54) is 24.3 Å². The zero-order chi connectivity index (χ0) is 20.8. The van der Waals surface area contributed by atoms with Crippen LogP contribution in [0.1, 0.15) is 5.56 Å². The number of hydrogen-bond donors (Lipinski definition) is 3. The van der Waals surface area contributed by atoms with Crippen LogP contribution < -0.4 is 16.0 Å². The second-order valence-corrected chi connectivity index (χ2v) is 6.41. The van der Waals surface area contributed by atoms with Gasteiger partial charge in [0.2, 0.25) is 17.8 Å². The van der Waals surface area contributed by atoms with E-state index in [-0.39, 0.29) is 23.5 Å². The van der Waals surface area contributed by atoms with Crippen LogP contribution >= 0.6 is 0 Å². The predicted molar refractivity (Wildman–Crippen MR) is 113 cm³/mol. The molecule has 0 unspecified atom stereocenters. The number of nitrogens with zero attached hydrogens (tertiary/aromatic N) is 3. The summed E-state index contributed by atoms with van der Waals surface area (Å²) in [5, 5.41) is 9.24. The Morgan fingerprint density at radius 1 is 0.567 bits per heavy atom. The minimum atomic E-state index is -0.333. The Bertz CT molecular complexity index is 1040. The fourth-order valence-corrected chi connectivity index (χ4v) is 2.67. The summed E-state index contributed by atoms with van der Waals surface area (Å²) in [5.41, 5.74) is 2.33. The van der Waals surface area contributed by atoms with Gasteiger partial charge < -0.3 is 16.0 Å². The lowest BCUT2D eigenvalue weighted by Gasteiger charge is -2.11. The van der Waals surface area contributed by atoms with Crippen molar-refractivity contribution in [1.29, 1.82) is 0 Å². The van der Waals surface area contributed by atoms with Crippen LogP contribution in [-0.2, 0) is 6.54 Å². The summed E-state index contributed by atoms with van der Waals surface area (Å²) in [7, 11) is 0. The fourth-order valence-electron chi connectivity index (χ4n) is 2.67. The Balaban J connectivity index is 1.58. The number of benzene rings is 3. The Morgan fingerprint density at radius 3 is 1.53 bits per heavy atom. The van der Waals surface area contributed by atoms with E-state index >= 15 is 0 Å². The predicted octanol–water partition coefficient (Wildman–Crippen LogP) is 5.25. The number of anilines is 5. The normalized spacial score (nSPS) is 10.5. The first-order valence-corrected chi connectivity index (χ1v) is 9.23. The molecule has 3 aromatic carbocycles. The van der Waals surface area contributed by atoms with Gasteiger partial charge in [0, 0.05) is 17.9 Å². The van der Waals surface area contributed by atoms with Gasteiger partial charge >= 0.3 is 0 Å². The third-order valence-corrected chi connectivity index (χ3v) is 4.13. The lowest BCUT2D eigenvalue weighted by Crippen LogP contribution is -2.09. The van der Waals surface area contributed by atoms with Crippen molar-refractivity contribution in [2.24, 2.45) is 0 Å². The molecule has 0 amide bonds. The highest BCUT2D eigenvalue weighted by atomic mass is 19.1. The molecule has 150 valence electrons. The Kier molecular flexibility index (Phi) is 5.75. The molecule has 4 rings (SSSR count). The summed E-state index contributed by atoms with van der Waals surface area (Å²) in [6, 6.07) is 21.5. The van der Waals surface area contributed by atoms with Gasteiger partial charge in [-0.1, -0.05) is 30.3 Å². The van der Waals surface area contributed by atoms with E-state index in [9.17, 15) is 8.78 Å². The number of nitrogens with one attached hydrogen (secondary N) is 3. The van der Waals surface area contributed by atoms with Crippen molar-refractivity contribution in [2.45, 2.75) is 6.54 Å². The second-order valence-electron chi connectivity index (χ2n) is 6.41. The molecule has 1 aromatic heterocycles. The molecule has 0 bridgehead atoms. The maximum atomic E-state index is 13.2. The van der Waals surface area contributed by atoms with Crippen LogP contribution in [0.4, 0.5) is 38.0 Å². The van der Waals surface area contributed by atoms with Gasteiger partial charge in [-0.25, -0.2) is 8.78 Å². The zero-order valence-electron chi connectivity index (χ0n) is 15.8. The van der Waals surface area contributed by atoms with Gasteiger partial charge in [-0.05, 0) is 54.1 Å². The van der Waals surface area contributed by atoms with Crippen LogP contribution in [0.25, 0.3) is 0 Å². The van der Waals surface area contributed by atoms with Gasteiger partial charge in [0.05, 0.1) is 0 Å². The lowest BCUT2D eigenvalue weighted by atomic mass is 10.2. The van der Waals surface area contributed by atoms with Gasteiger partial charge in [0.1, 0.15) is 11.6 Å². The molecule has 0 saturated heterocycles. The van der Waals surface area contributed by atoms with Crippen LogP contribution in [0, 0.1) is 11.6 Å². The molecule has 0 fully saturated rings. The van der Waals surface area contributed by atoms with E-state index in [1.807, 2.05) is 30.3 Å².